The first-order valence-corrected chi connectivity index (χ1v) is 5.80. The molecule has 0 fully saturated rings. The van der Waals surface area contributed by atoms with Gasteiger partial charge in [0.15, 0.2) is 0 Å². The highest BCUT2D eigenvalue weighted by molar-refractivity contribution is 5.86. The van der Waals surface area contributed by atoms with Crippen LogP contribution in [0.4, 0.5) is 8.78 Å². The van der Waals surface area contributed by atoms with E-state index in [9.17, 15) is 8.78 Å². The molecule has 0 aliphatic heterocycles. The number of fused-ring (bicyclic) bond motifs is 1. The van der Waals surface area contributed by atoms with E-state index in [1.54, 1.807) is 6.07 Å². The Bertz CT molecular complexity index is 693. The van der Waals surface area contributed by atoms with E-state index in [0.717, 1.165) is 10.9 Å². The van der Waals surface area contributed by atoms with Gasteiger partial charge in [0.25, 0.3) is 0 Å². The average molecular weight is 259 g/mol. The van der Waals surface area contributed by atoms with Gasteiger partial charge in [-0.3, -0.25) is 0 Å². The molecule has 3 rings (SSSR count). The topological polar surface area (TPSA) is 25.0 Å². The van der Waals surface area contributed by atoms with Gasteiger partial charge in [-0.2, -0.15) is 0 Å². The number of nitrogens with one attached hydrogen (secondary N) is 1. The number of aromatic amines is 1. The summed E-state index contributed by atoms with van der Waals surface area (Å²) in [6.07, 6.45) is 0. The number of rotatable bonds is 2. The summed E-state index contributed by atoms with van der Waals surface area (Å²) in [6, 6.07) is 11.5. The lowest BCUT2D eigenvalue weighted by Crippen LogP contribution is -1.93. The summed E-state index contributed by atoms with van der Waals surface area (Å²) in [5.74, 6) is -1.14. The molecule has 96 valence electrons. The van der Waals surface area contributed by atoms with Gasteiger partial charge in [0.2, 0.25) is 0 Å². The Kier molecular flexibility index (Phi) is 2.71. The van der Waals surface area contributed by atoms with Crippen LogP contribution in [0.1, 0.15) is 0 Å². The number of methoxy groups -OCH3 is 1. The van der Waals surface area contributed by atoms with Crippen molar-refractivity contribution >= 4 is 10.9 Å². The molecule has 4 heteroatoms. The van der Waals surface area contributed by atoms with E-state index in [-0.39, 0.29) is 11.3 Å². The molecule has 2 nitrogen and oxygen atoms in total. The first-order valence-electron chi connectivity index (χ1n) is 5.80. The van der Waals surface area contributed by atoms with Gasteiger partial charge in [-0.25, -0.2) is 8.78 Å². The van der Waals surface area contributed by atoms with Crippen LogP contribution in [-0.4, -0.2) is 12.1 Å². The Morgan fingerprint density at radius 3 is 2.32 bits per heavy atom. The largest absolute Gasteiger partial charge is 0.497 e. The van der Waals surface area contributed by atoms with Crippen LogP contribution in [0.3, 0.4) is 0 Å². The Morgan fingerprint density at radius 1 is 1.00 bits per heavy atom. The van der Waals surface area contributed by atoms with E-state index in [4.69, 9.17) is 4.74 Å². The van der Waals surface area contributed by atoms with E-state index >= 15 is 0 Å². The molecule has 3 aromatic rings. The summed E-state index contributed by atoms with van der Waals surface area (Å²) in [7, 11) is 1.37. The Hall–Kier alpha value is -2.36. The lowest BCUT2D eigenvalue weighted by atomic mass is 10.1. The quantitative estimate of drug-likeness (QED) is 0.735. The molecule has 0 aliphatic rings. The minimum atomic E-state index is -0.650. The van der Waals surface area contributed by atoms with Crippen LogP contribution in [-0.2, 0) is 0 Å². The summed E-state index contributed by atoms with van der Waals surface area (Å²) in [5.41, 5.74) is 1.18. The number of hydrogen-bond acceptors (Lipinski definition) is 1. The number of halogens is 2. The third-order valence-corrected chi connectivity index (χ3v) is 3.05. The summed E-state index contributed by atoms with van der Waals surface area (Å²) in [5, 5.41) is 0.909. The fourth-order valence-corrected chi connectivity index (χ4v) is 2.13. The van der Waals surface area contributed by atoms with E-state index in [1.807, 2.05) is 24.3 Å². The van der Waals surface area contributed by atoms with Crippen molar-refractivity contribution in [2.24, 2.45) is 0 Å². The minimum absolute atomic E-state index is 0.0722. The van der Waals surface area contributed by atoms with Gasteiger partial charge in [-0.05, 0) is 12.1 Å². The molecule has 0 radical (unpaired) electrons. The predicted octanol–water partition coefficient (Wildman–Crippen LogP) is 4.12. The lowest BCUT2D eigenvalue weighted by molar-refractivity contribution is 0.407. The van der Waals surface area contributed by atoms with Crippen LogP contribution in [0.25, 0.3) is 22.2 Å². The number of aromatic nitrogens is 1. The lowest BCUT2D eigenvalue weighted by Gasteiger charge is -2.05. The van der Waals surface area contributed by atoms with E-state index < -0.39 is 11.6 Å². The van der Waals surface area contributed by atoms with Crippen LogP contribution < -0.4 is 4.74 Å². The van der Waals surface area contributed by atoms with Crippen molar-refractivity contribution in [3.05, 3.63) is 54.1 Å². The summed E-state index contributed by atoms with van der Waals surface area (Å²) in [4.78, 5) is 3.01. The minimum Gasteiger partial charge on any atom is -0.497 e. The number of benzene rings is 2. The molecule has 1 N–H and O–H groups in total. The Morgan fingerprint density at radius 2 is 1.68 bits per heavy atom. The zero-order valence-corrected chi connectivity index (χ0v) is 10.2. The van der Waals surface area contributed by atoms with Gasteiger partial charge in [-0.15, -0.1) is 0 Å². The van der Waals surface area contributed by atoms with Gasteiger partial charge in [0, 0.05) is 23.0 Å². The van der Waals surface area contributed by atoms with Gasteiger partial charge < -0.3 is 9.72 Å². The summed E-state index contributed by atoms with van der Waals surface area (Å²) >= 11 is 0. The van der Waals surface area contributed by atoms with Crippen LogP contribution in [0.2, 0.25) is 0 Å². The van der Waals surface area contributed by atoms with Crippen molar-refractivity contribution in [2.75, 3.05) is 7.11 Å². The normalized spacial score (nSPS) is 10.9. The van der Waals surface area contributed by atoms with Gasteiger partial charge in [0.1, 0.15) is 17.4 Å². The molecule has 19 heavy (non-hydrogen) atoms. The zero-order valence-electron chi connectivity index (χ0n) is 10.2. The maximum Gasteiger partial charge on any atom is 0.139 e. The second kappa shape index (κ2) is 4.39. The second-order valence-corrected chi connectivity index (χ2v) is 4.24. The Labute approximate surface area is 108 Å². The highest BCUT2D eigenvalue weighted by atomic mass is 19.1. The zero-order chi connectivity index (χ0) is 13.4. The van der Waals surface area contributed by atoms with Crippen molar-refractivity contribution in [2.45, 2.75) is 0 Å². The van der Waals surface area contributed by atoms with Gasteiger partial charge >= 0.3 is 0 Å². The van der Waals surface area contributed by atoms with Gasteiger partial charge in [-0.1, -0.05) is 18.2 Å². The number of ether oxygens (including phenoxy) is 1. The fraction of sp³-hybridized carbons (Fsp3) is 0.0667. The Balaban J connectivity index is 2.21. The third-order valence-electron chi connectivity index (χ3n) is 3.05. The highest BCUT2D eigenvalue weighted by Crippen LogP contribution is 2.31. The molecule has 0 spiro atoms. The van der Waals surface area contributed by atoms with Gasteiger partial charge in [0.05, 0.1) is 18.4 Å². The molecule has 0 aliphatic carbocycles. The van der Waals surface area contributed by atoms with Crippen molar-refractivity contribution in [3.63, 3.8) is 0 Å². The van der Waals surface area contributed by atoms with Crippen LogP contribution in [0, 0.1) is 11.6 Å². The molecular formula is C15H11F2NO. The number of hydrogen-bond donors (Lipinski definition) is 1. The van der Waals surface area contributed by atoms with E-state index in [2.05, 4.69) is 4.98 Å². The molecule has 1 aromatic heterocycles. The van der Waals surface area contributed by atoms with Crippen molar-refractivity contribution in [1.82, 2.24) is 4.98 Å². The fourth-order valence-electron chi connectivity index (χ4n) is 2.13. The first kappa shape index (κ1) is 11.7. The van der Waals surface area contributed by atoms with Crippen LogP contribution >= 0.6 is 0 Å². The van der Waals surface area contributed by atoms with Crippen molar-refractivity contribution in [1.29, 1.82) is 0 Å². The first-order chi connectivity index (χ1) is 9.19. The van der Waals surface area contributed by atoms with E-state index in [1.165, 1.54) is 19.2 Å². The molecule has 0 saturated carbocycles. The second-order valence-electron chi connectivity index (χ2n) is 4.24. The molecule has 1 heterocycles. The number of para-hydroxylation sites is 1. The maximum absolute atomic E-state index is 14.0. The smallest absolute Gasteiger partial charge is 0.139 e. The predicted molar refractivity (Wildman–Crippen MR) is 70.2 cm³/mol. The van der Waals surface area contributed by atoms with Crippen molar-refractivity contribution in [3.8, 4) is 17.0 Å². The highest BCUT2D eigenvalue weighted by Gasteiger charge is 2.15. The molecule has 0 bridgehead atoms. The molecule has 0 atom stereocenters. The third kappa shape index (κ3) is 1.95. The van der Waals surface area contributed by atoms with Crippen LogP contribution in [0.5, 0.6) is 5.75 Å². The molecular weight excluding hydrogens is 248 g/mol. The van der Waals surface area contributed by atoms with Crippen LogP contribution in [0.15, 0.2) is 42.5 Å². The standard InChI is InChI=1S/C15H11F2NO/c1-19-10-7-11(16)15(12(17)8-10)14-6-9-4-2-3-5-13(9)18-14/h2-8,18H,1H3. The molecule has 2 aromatic carbocycles. The summed E-state index contributed by atoms with van der Waals surface area (Å²) in [6.45, 7) is 0. The molecule has 0 unspecified atom stereocenters. The van der Waals surface area contributed by atoms with Crippen molar-refractivity contribution < 1.29 is 13.5 Å². The average Bonchev–Trinajstić information content (AvgIpc) is 2.80. The van der Waals surface area contributed by atoms with E-state index in [0.29, 0.717) is 5.69 Å². The monoisotopic (exact) mass is 259 g/mol. The molecule has 0 saturated heterocycles. The molecule has 0 amide bonds. The summed E-state index contributed by atoms with van der Waals surface area (Å²) < 4.78 is 32.8. The maximum atomic E-state index is 14.0. The SMILES string of the molecule is COc1cc(F)c(-c2cc3ccccc3[nH]2)c(F)c1. The number of H-pyrrole nitrogens is 1.